The van der Waals surface area contributed by atoms with Crippen molar-refractivity contribution in [3.63, 3.8) is 0 Å². The first kappa shape index (κ1) is 13.9. The van der Waals surface area contributed by atoms with E-state index in [2.05, 4.69) is 25.9 Å². The first-order valence-electron chi connectivity index (χ1n) is 7.11. The van der Waals surface area contributed by atoms with Crippen molar-refractivity contribution in [1.29, 1.82) is 0 Å². The molecule has 0 aromatic heterocycles. The third-order valence-electron chi connectivity index (χ3n) is 4.76. The van der Waals surface area contributed by atoms with E-state index in [0.717, 1.165) is 19.4 Å². The number of fused-ring (bicyclic) bond motifs is 2. The maximum Gasteiger partial charge on any atom is 0.114 e. The van der Waals surface area contributed by atoms with Crippen LogP contribution in [0.4, 0.5) is 0 Å². The van der Waals surface area contributed by atoms with Gasteiger partial charge in [-0.15, -0.1) is 11.8 Å². The van der Waals surface area contributed by atoms with Gasteiger partial charge in [0.1, 0.15) is 6.23 Å². The Morgan fingerprint density at radius 2 is 2.11 bits per heavy atom. The summed E-state index contributed by atoms with van der Waals surface area (Å²) in [6.07, 6.45) is 1.72. The van der Waals surface area contributed by atoms with Gasteiger partial charge in [0.15, 0.2) is 0 Å². The van der Waals surface area contributed by atoms with Crippen LogP contribution in [-0.4, -0.2) is 64.9 Å². The molecule has 4 nitrogen and oxygen atoms in total. The second-order valence-electron chi connectivity index (χ2n) is 6.39. The van der Waals surface area contributed by atoms with Gasteiger partial charge in [-0.3, -0.25) is 0 Å². The number of hydrogen-bond acceptors (Lipinski definition) is 5. The average Bonchev–Trinajstić information content (AvgIpc) is 2.90. The zero-order chi connectivity index (χ0) is 13.7. The predicted octanol–water partition coefficient (Wildman–Crippen LogP) is 0.916. The summed E-state index contributed by atoms with van der Waals surface area (Å²) in [6, 6.07) is 0.275. The largest absolute Gasteiger partial charge is 0.381 e. The third-order valence-corrected chi connectivity index (χ3v) is 6.04. The molecule has 0 bridgehead atoms. The molecule has 3 rings (SSSR count). The minimum absolute atomic E-state index is 0.0396. The molecule has 0 amide bonds. The zero-order valence-electron chi connectivity index (χ0n) is 11.9. The molecule has 5 heteroatoms. The Morgan fingerprint density at radius 1 is 1.37 bits per heavy atom. The molecule has 0 aromatic rings. The van der Waals surface area contributed by atoms with E-state index in [-0.39, 0.29) is 18.7 Å². The van der Waals surface area contributed by atoms with E-state index in [4.69, 9.17) is 0 Å². The van der Waals surface area contributed by atoms with E-state index < -0.39 is 6.23 Å². The van der Waals surface area contributed by atoms with E-state index in [1.54, 1.807) is 0 Å². The summed E-state index contributed by atoms with van der Waals surface area (Å²) in [6.45, 7) is 3.12. The molecule has 5 atom stereocenters. The Bertz CT molecular complexity index is 399. The highest BCUT2D eigenvalue weighted by Crippen LogP contribution is 2.55. The smallest absolute Gasteiger partial charge is 0.114 e. The Kier molecular flexibility index (Phi) is 3.69. The van der Waals surface area contributed by atoms with Gasteiger partial charge in [0, 0.05) is 23.8 Å². The molecular formula is C14H24N2O2S. The molecule has 0 aromatic carbocycles. The van der Waals surface area contributed by atoms with Crippen LogP contribution in [0.3, 0.4) is 0 Å². The van der Waals surface area contributed by atoms with Crippen LogP contribution in [0.15, 0.2) is 10.5 Å². The Labute approximate surface area is 119 Å². The van der Waals surface area contributed by atoms with Gasteiger partial charge in [-0.1, -0.05) is 6.92 Å². The summed E-state index contributed by atoms with van der Waals surface area (Å²) in [5.41, 5.74) is 1.50. The monoisotopic (exact) mass is 284 g/mol. The normalized spacial score (nSPS) is 42.3. The predicted molar refractivity (Wildman–Crippen MR) is 77.6 cm³/mol. The highest BCUT2D eigenvalue weighted by molar-refractivity contribution is 8.03. The van der Waals surface area contributed by atoms with E-state index in [0.29, 0.717) is 11.2 Å². The first-order valence-corrected chi connectivity index (χ1v) is 7.99. The van der Waals surface area contributed by atoms with Crippen molar-refractivity contribution in [2.75, 3.05) is 27.4 Å². The topological polar surface area (TPSA) is 46.9 Å². The molecule has 108 valence electrons. The zero-order valence-corrected chi connectivity index (χ0v) is 12.7. The number of allylic oxidation sites excluding steroid dienone is 1. The van der Waals surface area contributed by atoms with E-state index in [1.807, 2.05) is 16.7 Å². The summed E-state index contributed by atoms with van der Waals surface area (Å²) in [4.78, 5) is 5.58. The second kappa shape index (κ2) is 5.04. The molecular weight excluding hydrogens is 260 g/mol. The summed E-state index contributed by atoms with van der Waals surface area (Å²) >= 11 is 2.00. The van der Waals surface area contributed by atoms with Gasteiger partial charge in [0.05, 0.1) is 6.73 Å². The number of aliphatic hydroxyl groups is 2. The van der Waals surface area contributed by atoms with Crippen LogP contribution in [0.1, 0.15) is 19.8 Å². The number of likely N-dealkylation sites (tertiary alicyclic amines) is 1. The molecule has 2 aliphatic heterocycles. The minimum atomic E-state index is -0.502. The van der Waals surface area contributed by atoms with E-state index >= 15 is 0 Å². The second-order valence-corrected chi connectivity index (χ2v) is 7.92. The SMILES string of the molecule is C[C@@H]1CC2=C(C[C@@H]3C2N(CO)[C@H](O)[C@@H]3CN(C)C)S1. The van der Waals surface area contributed by atoms with Crippen molar-refractivity contribution < 1.29 is 10.2 Å². The van der Waals surface area contributed by atoms with Gasteiger partial charge in [-0.05, 0) is 43.3 Å². The fourth-order valence-electron chi connectivity index (χ4n) is 4.12. The molecule has 19 heavy (non-hydrogen) atoms. The Hall–Kier alpha value is -0.0700. The summed E-state index contributed by atoms with van der Waals surface area (Å²) in [5.74, 6) is 0.725. The van der Waals surface area contributed by atoms with Crippen LogP contribution in [0, 0.1) is 11.8 Å². The lowest BCUT2D eigenvalue weighted by Gasteiger charge is -2.26. The maximum atomic E-state index is 10.5. The van der Waals surface area contributed by atoms with Crippen LogP contribution in [0.5, 0.6) is 0 Å². The maximum absolute atomic E-state index is 10.5. The van der Waals surface area contributed by atoms with Crippen molar-refractivity contribution in [2.45, 2.75) is 37.3 Å². The summed E-state index contributed by atoms with van der Waals surface area (Å²) in [5, 5.41) is 20.8. The average molecular weight is 284 g/mol. The highest BCUT2D eigenvalue weighted by atomic mass is 32.2. The number of nitrogens with zero attached hydrogens (tertiary/aromatic N) is 2. The van der Waals surface area contributed by atoms with Crippen molar-refractivity contribution >= 4 is 11.8 Å². The lowest BCUT2D eigenvalue weighted by molar-refractivity contribution is -0.0517. The van der Waals surface area contributed by atoms with E-state index in [1.165, 1.54) is 10.5 Å². The fraction of sp³-hybridized carbons (Fsp3) is 0.857. The molecule has 1 unspecified atom stereocenters. The number of aliphatic hydroxyl groups excluding tert-OH is 2. The number of rotatable bonds is 3. The lowest BCUT2D eigenvalue weighted by atomic mass is 9.88. The van der Waals surface area contributed by atoms with Crippen molar-refractivity contribution in [2.24, 2.45) is 11.8 Å². The molecule has 2 heterocycles. The number of hydrogen-bond donors (Lipinski definition) is 2. The summed E-state index contributed by atoms with van der Waals surface area (Å²) < 4.78 is 0. The van der Waals surface area contributed by atoms with Gasteiger partial charge >= 0.3 is 0 Å². The first-order chi connectivity index (χ1) is 9.02. The van der Waals surface area contributed by atoms with Gasteiger partial charge in [0.2, 0.25) is 0 Å². The van der Waals surface area contributed by atoms with Crippen LogP contribution < -0.4 is 0 Å². The number of thioether (sulfide) groups is 1. The van der Waals surface area contributed by atoms with Gasteiger partial charge in [-0.25, -0.2) is 4.90 Å². The Balaban J connectivity index is 1.85. The highest BCUT2D eigenvalue weighted by Gasteiger charge is 2.54. The van der Waals surface area contributed by atoms with E-state index in [9.17, 15) is 10.2 Å². The molecule has 2 N–H and O–H groups in total. The standard InChI is InChI=1S/C14H24N2O2S/c1-8-4-10-12(19-8)5-9-11(6-15(2)3)14(18)16(7-17)13(9)10/h8-9,11,13-14,17-18H,4-7H2,1-3H3/t8-,9+,11-,13?,14-/m1/s1. The molecule has 0 radical (unpaired) electrons. The molecule has 0 saturated carbocycles. The Morgan fingerprint density at radius 3 is 2.74 bits per heavy atom. The van der Waals surface area contributed by atoms with Crippen molar-refractivity contribution in [1.82, 2.24) is 9.80 Å². The van der Waals surface area contributed by atoms with Crippen LogP contribution >= 0.6 is 11.8 Å². The molecule has 0 spiro atoms. The van der Waals surface area contributed by atoms with Crippen LogP contribution in [0.2, 0.25) is 0 Å². The fourth-order valence-corrected chi connectivity index (χ4v) is 5.51. The van der Waals surface area contributed by atoms with Crippen molar-refractivity contribution in [3.05, 3.63) is 10.5 Å². The quantitative estimate of drug-likeness (QED) is 0.807. The third kappa shape index (κ3) is 2.16. The van der Waals surface area contributed by atoms with Crippen LogP contribution in [-0.2, 0) is 0 Å². The summed E-state index contributed by atoms with van der Waals surface area (Å²) in [7, 11) is 4.10. The minimum Gasteiger partial charge on any atom is -0.381 e. The van der Waals surface area contributed by atoms with Gasteiger partial charge in [0.25, 0.3) is 0 Å². The molecule has 1 fully saturated rings. The molecule has 1 saturated heterocycles. The lowest BCUT2D eigenvalue weighted by Crippen LogP contribution is -2.40. The van der Waals surface area contributed by atoms with Crippen molar-refractivity contribution in [3.8, 4) is 0 Å². The van der Waals surface area contributed by atoms with Gasteiger partial charge < -0.3 is 15.1 Å². The van der Waals surface area contributed by atoms with Gasteiger partial charge in [-0.2, -0.15) is 0 Å². The van der Waals surface area contributed by atoms with Crippen LogP contribution in [0.25, 0.3) is 0 Å². The molecule has 3 aliphatic rings. The molecule has 1 aliphatic carbocycles.